The number of hydrogen-bond acceptors (Lipinski definition) is 2. The summed E-state index contributed by atoms with van der Waals surface area (Å²) in [6, 6.07) is -0.283. The number of carbonyl (C=O) groups is 2. The minimum absolute atomic E-state index is 0.0381. The molecule has 0 saturated carbocycles. The number of urea groups is 1. The Balaban J connectivity index is 4.62. The molecule has 5 heteroatoms. The zero-order valence-electron chi connectivity index (χ0n) is 12.3. The van der Waals surface area contributed by atoms with Crippen molar-refractivity contribution in [1.82, 2.24) is 10.2 Å². The van der Waals surface area contributed by atoms with Crippen LogP contribution in [0.3, 0.4) is 0 Å². The van der Waals surface area contributed by atoms with Gasteiger partial charge in [0.1, 0.15) is 6.54 Å². The molecule has 0 fully saturated rings. The van der Waals surface area contributed by atoms with Crippen LogP contribution in [0.5, 0.6) is 0 Å². The molecule has 0 aliphatic rings. The van der Waals surface area contributed by atoms with Crippen LogP contribution >= 0.6 is 0 Å². The molecule has 0 heterocycles. The Kier molecular flexibility index (Phi) is 6.15. The second-order valence-corrected chi connectivity index (χ2v) is 6.13. The van der Waals surface area contributed by atoms with Crippen molar-refractivity contribution in [3.8, 4) is 0 Å². The highest BCUT2D eigenvalue weighted by atomic mass is 16.4. The van der Waals surface area contributed by atoms with Gasteiger partial charge in [-0.3, -0.25) is 4.79 Å². The van der Waals surface area contributed by atoms with Gasteiger partial charge in [0.05, 0.1) is 0 Å². The molecular weight excluding hydrogens is 232 g/mol. The fourth-order valence-electron chi connectivity index (χ4n) is 1.80. The Labute approximate surface area is 110 Å². The highest BCUT2D eigenvalue weighted by Gasteiger charge is 2.29. The van der Waals surface area contributed by atoms with E-state index in [0.717, 1.165) is 6.42 Å². The van der Waals surface area contributed by atoms with Crippen molar-refractivity contribution >= 4 is 12.0 Å². The van der Waals surface area contributed by atoms with E-state index in [2.05, 4.69) is 19.2 Å². The average molecular weight is 258 g/mol. The van der Waals surface area contributed by atoms with Crippen LogP contribution in [0.25, 0.3) is 0 Å². The predicted octanol–water partition coefficient (Wildman–Crippen LogP) is 2.32. The first-order valence-electron chi connectivity index (χ1n) is 6.34. The van der Waals surface area contributed by atoms with E-state index in [1.54, 1.807) is 0 Å². The summed E-state index contributed by atoms with van der Waals surface area (Å²) in [5.74, 6) is -0.514. The van der Waals surface area contributed by atoms with Gasteiger partial charge in [0.2, 0.25) is 0 Å². The minimum atomic E-state index is -1.00. The second kappa shape index (κ2) is 6.61. The molecule has 0 radical (unpaired) electrons. The van der Waals surface area contributed by atoms with Crippen LogP contribution in [0.4, 0.5) is 4.79 Å². The number of carboxylic acids is 1. The van der Waals surface area contributed by atoms with Gasteiger partial charge < -0.3 is 15.3 Å². The summed E-state index contributed by atoms with van der Waals surface area (Å²) in [5.41, 5.74) is -0.514. The molecule has 1 atom stereocenters. The summed E-state index contributed by atoms with van der Waals surface area (Å²) >= 11 is 0. The maximum Gasteiger partial charge on any atom is 0.323 e. The number of amides is 2. The highest BCUT2D eigenvalue weighted by molar-refractivity contribution is 5.80. The molecule has 0 aromatic rings. The van der Waals surface area contributed by atoms with Crippen molar-refractivity contribution in [2.45, 2.75) is 59.5 Å². The van der Waals surface area contributed by atoms with Crippen LogP contribution in [0.15, 0.2) is 0 Å². The highest BCUT2D eigenvalue weighted by Crippen LogP contribution is 2.14. The molecule has 5 nitrogen and oxygen atoms in total. The number of nitrogens with zero attached hydrogens (tertiary/aromatic N) is 1. The molecule has 2 N–H and O–H groups in total. The van der Waals surface area contributed by atoms with Crippen LogP contribution in [0.1, 0.15) is 48.0 Å². The Hall–Kier alpha value is -1.26. The van der Waals surface area contributed by atoms with Crippen molar-refractivity contribution in [1.29, 1.82) is 0 Å². The van der Waals surface area contributed by atoms with Crippen LogP contribution in [-0.2, 0) is 4.79 Å². The quantitative estimate of drug-likeness (QED) is 0.795. The van der Waals surface area contributed by atoms with E-state index in [1.807, 2.05) is 27.7 Å². The molecule has 0 rings (SSSR count). The second-order valence-electron chi connectivity index (χ2n) is 6.13. The summed E-state index contributed by atoms with van der Waals surface area (Å²) in [6.07, 6.45) is 0.872. The number of nitrogens with one attached hydrogen (secondary N) is 1. The van der Waals surface area contributed by atoms with E-state index in [4.69, 9.17) is 5.11 Å². The molecule has 2 amide bonds. The maximum absolute atomic E-state index is 12.1. The Morgan fingerprint density at radius 2 is 1.72 bits per heavy atom. The largest absolute Gasteiger partial charge is 0.480 e. The van der Waals surface area contributed by atoms with Crippen molar-refractivity contribution in [2.24, 2.45) is 5.92 Å². The molecule has 106 valence electrons. The molecular formula is C13H26N2O3. The van der Waals surface area contributed by atoms with Gasteiger partial charge >= 0.3 is 12.0 Å². The molecule has 0 aromatic carbocycles. The predicted molar refractivity (Wildman–Crippen MR) is 71.5 cm³/mol. The Bertz CT molecular complexity index is 295. The summed E-state index contributed by atoms with van der Waals surface area (Å²) in [7, 11) is 0. The van der Waals surface area contributed by atoms with Crippen molar-refractivity contribution in [3.05, 3.63) is 0 Å². The molecule has 0 bridgehead atoms. The van der Waals surface area contributed by atoms with Gasteiger partial charge in [-0.05, 0) is 40.0 Å². The van der Waals surface area contributed by atoms with Crippen LogP contribution in [-0.4, -0.2) is 40.1 Å². The van der Waals surface area contributed by atoms with E-state index in [-0.39, 0.29) is 18.6 Å². The summed E-state index contributed by atoms with van der Waals surface area (Å²) < 4.78 is 0. The van der Waals surface area contributed by atoms with E-state index in [0.29, 0.717) is 5.92 Å². The minimum Gasteiger partial charge on any atom is -0.480 e. The summed E-state index contributed by atoms with van der Waals surface area (Å²) in [4.78, 5) is 24.2. The lowest BCUT2D eigenvalue weighted by atomic mass is 10.0. The SMILES string of the molecule is CC(C)CC(C)NC(=O)N(CC(=O)O)C(C)(C)C. The molecule has 0 aliphatic heterocycles. The van der Waals surface area contributed by atoms with E-state index < -0.39 is 11.5 Å². The van der Waals surface area contributed by atoms with Crippen LogP contribution < -0.4 is 5.32 Å². The fourth-order valence-corrected chi connectivity index (χ4v) is 1.80. The lowest BCUT2D eigenvalue weighted by Gasteiger charge is -2.35. The third-order valence-corrected chi connectivity index (χ3v) is 2.54. The first-order valence-corrected chi connectivity index (χ1v) is 6.34. The Morgan fingerprint density at radius 3 is 2.06 bits per heavy atom. The van der Waals surface area contributed by atoms with Crippen molar-refractivity contribution in [2.75, 3.05) is 6.54 Å². The summed E-state index contributed by atoms with van der Waals surface area (Å²) in [6.45, 7) is 11.3. The van der Waals surface area contributed by atoms with Crippen LogP contribution in [0, 0.1) is 5.92 Å². The molecule has 0 aliphatic carbocycles. The molecule has 0 aromatic heterocycles. The lowest BCUT2D eigenvalue weighted by Crippen LogP contribution is -2.54. The molecule has 0 saturated heterocycles. The monoisotopic (exact) mass is 258 g/mol. The third-order valence-electron chi connectivity index (χ3n) is 2.54. The fraction of sp³-hybridized carbons (Fsp3) is 0.846. The van der Waals surface area contributed by atoms with Gasteiger partial charge in [-0.15, -0.1) is 0 Å². The van der Waals surface area contributed by atoms with E-state index >= 15 is 0 Å². The molecule has 18 heavy (non-hydrogen) atoms. The van der Waals surface area contributed by atoms with Crippen molar-refractivity contribution in [3.63, 3.8) is 0 Å². The van der Waals surface area contributed by atoms with Crippen molar-refractivity contribution < 1.29 is 14.7 Å². The molecule has 0 spiro atoms. The first-order chi connectivity index (χ1) is 8.04. The number of carboxylic acid groups (broad SMARTS) is 1. The smallest absolute Gasteiger partial charge is 0.323 e. The normalized spacial score (nSPS) is 13.3. The zero-order valence-corrected chi connectivity index (χ0v) is 12.3. The van der Waals surface area contributed by atoms with Gasteiger partial charge in [0.15, 0.2) is 0 Å². The number of hydrogen-bond donors (Lipinski definition) is 2. The number of carbonyl (C=O) groups excluding carboxylic acids is 1. The molecule has 1 unspecified atom stereocenters. The van der Waals surface area contributed by atoms with Gasteiger partial charge in [-0.25, -0.2) is 4.79 Å². The lowest BCUT2D eigenvalue weighted by molar-refractivity contribution is -0.138. The maximum atomic E-state index is 12.1. The van der Waals surface area contributed by atoms with Gasteiger partial charge in [-0.1, -0.05) is 13.8 Å². The number of rotatable bonds is 5. The number of aliphatic carboxylic acids is 1. The topological polar surface area (TPSA) is 69.6 Å². The van der Waals surface area contributed by atoms with Gasteiger partial charge in [0.25, 0.3) is 0 Å². The summed E-state index contributed by atoms with van der Waals surface area (Å²) in [5, 5.41) is 11.7. The zero-order chi connectivity index (χ0) is 14.5. The van der Waals surface area contributed by atoms with E-state index in [9.17, 15) is 9.59 Å². The third kappa shape index (κ3) is 6.47. The average Bonchev–Trinajstić information content (AvgIpc) is 2.09. The first kappa shape index (κ1) is 16.7. The van der Waals surface area contributed by atoms with Crippen LogP contribution in [0.2, 0.25) is 0 Å². The Morgan fingerprint density at radius 1 is 1.22 bits per heavy atom. The van der Waals surface area contributed by atoms with Gasteiger partial charge in [0, 0.05) is 11.6 Å². The van der Waals surface area contributed by atoms with E-state index in [1.165, 1.54) is 4.90 Å². The standard InChI is InChI=1S/C13H26N2O3/c1-9(2)7-10(3)14-12(18)15(8-11(16)17)13(4,5)6/h9-10H,7-8H2,1-6H3,(H,14,18)(H,16,17). The van der Waals surface area contributed by atoms with Gasteiger partial charge in [-0.2, -0.15) is 0 Å².